The first-order valence-electron chi connectivity index (χ1n) is 14.3. The highest BCUT2D eigenvalue weighted by Crippen LogP contribution is 2.42. The molecule has 0 heterocycles. The molecular weight excluding hydrogens is 450 g/mol. The third-order valence-electron chi connectivity index (χ3n) is 8.04. The van der Waals surface area contributed by atoms with E-state index in [4.69, 9.17) is 4.74 Å². The Labute approximate surface area is 226 Å². The smallest absolute Gasteiger partial charge is 0.141 e. The van der Waals surface area contributed by atoms with E-state index in [0.29, 0.717) is 23.7 Å². The van der Waals surface area contributed by atoms with Gasteiger partial charge in [0.05, 0.1) is 12.8 Å². The summed E-state index contributed by atoms with van der Waals surface area (Å²) in [6, 6.07) is 28.8. The molecule has 0 aliphatic rings. The van der Waals surface area contributed by atoms with Crippen molar-refractivity contribution in [2.45, 2.75) is 78.6 Å². The Balaban J connectivity index is 2.01. The third kappa shape index (κ3) is 7.63. The van der Waals surface area contributed by atoms with Crippen LogP contribution in [0, 0.1) is 17.8 Å². The fourth-order valence-corrected chi connectivity index (χ4v) is 6.00. The minimum atomic E-state index is 0.0913. The van der Waals surface area contributed by atoms with E-state index >= 15 is 0 Å². The molecular formula is C35H49NO. The quantitative estimate of drug-likeness (QED) is 0.253. The highest BCUT2D eigenvalue weighted by molar-refractivity contribution is 5.59. The van der Waals surface area contributed by atoms with Gasteiger partial charge in [0, 0.05) is 12.5 Å². The van der Waals surface area contributed by atoms with Crippen LogP contribution in [0.3, 0.4) is 0 Å². The average molecular weight is 500 g/mol. The van der Waals surface area contributed by atoms with Gasteiger partial charge in [-0.2, -0.15) is 0 Å². The number of benzene rings is 3. The van der Waals surface area contributed by atoms with Crippen molar-refractivity contribution in [1.29, 1.82) is 0 Å². The van der Waals surface area contributed by atoms with Crippen LogP contribution in [0.4, 0.5) is 5.69 Å². The van der Waals surface area contributed by atoms with Gasteiger partial charge in [0.1, 0.15) is 5.75 Å². The predicted molar refractivity (Wildman–Crippen MR) is 161 cm³/mol. The molecule has 0 fully saturated rings. The summed E-state index contributed by atoms with van der Waals surface area (Å²) in [5.74, 6) is 2.94. The van der Waals surface area contributed by atoms with Gasteiger partial charge in [0.15, 0.2) is 0 Å². The van der Waals surface area contributed by atoms with Crippen LogP contribution in [-0.2, 0) is 5.41 Å². The summed E-state index contributed by atoms with van der Waals surface area (Å²) < 4.78 is 5.78. The number of rotatable bonds is 13. The molecule has 1 N–H and O–H groups in total. The van der Waals surface area contributed by atoms with Crippen molar-refractivity contribution < 1.29 is 4.74 Å². The van der Waals surface area contributed by atoms with Gasteiger partial charge < -0.3 is 10.1 Å². The highest BCUT2D eigenvalue weighted by Gasteiger charge is 2.33. The standard InChI is InChI=1S/C35H49NO/c1-8-16-27(17-9-2)31(25-36-32-24-30(35(4,5)6)22-23-33(32)37-7)26(3)34(28-18-12-10-13-19-28)29-20-14-11-15-21-29/h10-15,18-24,26-27,31,34,36H,8-9,16-17,25H2,1-7H3/t26-,31-/m1/s1. The molecule has 3 aromatic carbocycles. The molecule has 0 aromatic heterocycles. The minimum Gasteiger partial charge on any atom is -0.495 e. The van der Waals surface area contributed by atoms with E-state index < -0.39 is 0 Å². The lowest BCUT2D eigenvalue weighted by molar-refractivity contribution is 0.209. The van der Waals surface area contributed by atoms with Gasteiger partial charge in [-0.05, 0) is 52.0 Å². The van der Waals surface area contributed by atoms with Crippen LogP contribution in [-0.4, -0.2) is 13.7 Å². The van der Waals surface area contributed by atoms with Crippen LogP contribution in [0.25, 0.3) is 0 Å². The van der Waals surface area contributed by atoms with Gasteiger partial charge >= 0.3 is 0 Å². The van der Waals surface area contributed by atoms with Gasteiger partial charge in [-0.15, -0.1) is 0 Å². The number of nitrogens with one attached hydrogen (secondary N) is 1. The molecule has 37 heavy (non-hydrogen) atoms. The summed E-state index contributed by atoms with van der Waals surface area (Å²) in [5.41, 5.74) is 5.34. The molecule has 0 spiro atoms. The maximum Gasteiger partial charge on any atom is 0.141 e. The molecule has 0 amide bonds. The Morgan fingerprint density at radius 3 is 1.78 bits per heavy atom. The summed E-state index contributed by atoms with van der Waals surface area (Å²) in [7, 11) is 1.77. The fraction of sp³-hybridized carbons (Fsp3) is 0.486. The van der Waals surface area contributed by atoms with E-state index in [-0.39, 0.29) is 5.41 Å². The highest BCUT2D eigenvalue weighted by atomic mass is 16.5. The Hall–Kier alpha value is -2.74. The van der Waals surface area contributed by atoms with Gasteiger partial charge in [0.2, 0.25) is 0 Å². The molecule has 0 unspecified atom stereocenters. The predicted octanol–water partition coefficient (Wildman–Crippen LogP) is 9.71. The van der Waals surface area contributed by atoms with Gasteiger partial charge in [-0.3, -0.25) is 0 Å². The summed E-state index contributed by atoms with van der Waals surface area (Å²) >= 11 is 0. The fourth-order valence-electron chi connectivity index (χ4n) is 6.00. The lowest BCUT2D eigenvalue weighted by atomic mass is 9.69. The zero-order valence-electron chi connectivity index (χ0n) is 24.3. The number of anilines is 1. The Bertz CT molecular complexity index is 1010. The minimum absolute atomic E-state index is 0.0913. The second kappa shape index (κ2) is 13.7. The number of methoxy groups -OCH3 is 1. The average Bonchev–Trinajstić information content (AvgIpc) is 2.90. The second-order valence-corrected chi connectivity index (χ2v) is 11.7. The lowest BCUT2D eigenvalue weighted by Gasteiger charge is -2.37. The molecule has 0 bridgehead atoms. The van der Waals surface area contributed by atoms with Crippen LogP contribution < -0.4 is 10.1 Å². The molecule has 0 saturated carbocycles. The Morgan fingerprint density at radius 1 is 0.784 bits per heavy atom. The van der Waals surface area contributed by atoms with E-state index in [1.54, 1.807) is 7.11 Å². The Kier molecular flexibility index (Phi) is 10.7. The van der Waals surface area contributed by atoms with Crippen molar-refractivity contribution >= 4 is 5.69 Å². The summed E-state index contributed by atoms with van der Waals surface area (Å²) in [5, 5.41) is 3.89. The van der Waals surface area contributed by atoms with Crippen molar-refractivity contribution in [2.24, 2.45) is 17.8 Å². The van der Waals surface area contributed by atoms with E-state index in [9.17, 15) is 0 Å². The first kappa shape index (κ1) is 28.8. The summed E-state index contributed by atoms with van der Waals surface area (Å²) in [4.78, 5) is 0. The molecule has 2 atom stereocenters. The van der Waals surface area contributed by atoms with Crippen molar-refractivity contribution in [3.8, 4) is 5.75 Å². The van der Waals surface area contributed by atoms with E-state index in [0.717, 1.165) is 18.0 Å². The van der Waals surface area contributed by atoms with E-state index in [1.165, 1.54) is 42.4 Å². The monoisotopic (exact) mass is 499 g/mol. The van der Waals surface area contributed by atoms with Crippen molar-refractivity contribution in [1.82, 2.24) is 0 Å². The normalized spacial score (nSPS) is 13.5. The number of ether oxygens (including phenoxy) is 1. The second-order valence-electron chi connectivity index (χ2n) is 11.7. The maximum atomic E-state index is 5.78. The first-order chi connectivity index (χ1) is 17.8. The molecule has 0 aliphatic carbocycles. The summed E-state index contributed by atoms with van der Waals surface area (Å²) in [6.07, 6.45) is 4.97. The van der Waals surface area contributed by atoms with E-state index in [2.05, 4.69) is 126 Å². The molecule has 2 heteroatoms. The van der Waals surface area contributed by atoms with Crippen LogP contribution in [0.1, 0.15) is 89.8 Å². The maximum absolute atomic E-state index is 5.78. The van der Waals surface area contributed by atoms with Crippen LogP contribution in [0.2, 0.25) is 0 Å². The molecule has 200 valence electrons. The number of hydrogen-bond donors (Lipinski definition) is 1. The largest absolute Gasteiger partial charge is 0.495 e. The van der Waals surface area contributed by atoms with Crippen LogP contribution in [0.15, 0.2) is 78.9 Å². The van der Waals surface area contributed by atoms with Crippen molar-refractivity contribution in [3.63, 3.8) is 0 Å². The molecule has 0 radical (unpaired) electrons. The number of hydrogen-bond acceptors (Lipinski definition) is 2. The van der Waals surface area contributed by atoms with Crippen LogP contribution in [0.5, 0.6) is 5.75 Å². The lowest BCUT2D eigenvalue weighted by Crippen LogP contribution is -2.33. The van der Waals surface area contributed by atoms with Crippen LogP contribution >= 0.6 is 0 Å². The van der Waals surface area contributed by atoms with E-state index in [1.807, 2.05) is 0 Å². The molecule has 3 rings (SSSR count). The third-order valence-corrected chi connectivity index (χ3v) is 8.04. The SMILES string of the molecule is CCCC(CCC)[C@H](CNc1cc(C(C)(C)C)ccc1OC)[C@@H](C)C(c1ccccc1)c1ccccc1. The molecule has 0 aliphatic heterocycles. The van der Waals surface area contributed by atoms with Gasteiger partial charge in [-0.1, -0.05) is 134 Å². The first-order valence-corrected chi connectivity index (χ1v) is 14.3. The van der Waals surface area contributed by atoms with Crippen molar-refractivity contribution in [3.05, 3.63) is 95.6 Å². The van der Waals surface area contributed by atoms with Gasteiger partial charge in [-0.25, -0.2) is 0 Å². The zero-order chi connectivity index (χ0) is 26.8. The Morgan fingerprint density at radius 2 is 1.32 bits per heavy atom. The summed E-state index contributed by atoms with van der Waals surface area (Å²) in [6.45, 7) is 14.9. The molecule has 0 saturated heterocycles. The van der Waals surface area contributed by atoms with Gasteiger partial charge in [0.25, 0.3) is 0 Å². The molecule has 3 aromatic rings. The molecule has 2 nitrogen and oxygen atoms in total. The van der Waals surface area contributed by atoms with Crippen molar-refractivity contribution in [2.75, 3.05) is 19.0 Å². The zero-order valence-corrected chi connectivity index (χ0v) is 24.3. The topological polar surface area (TPSA) is 21.3 Å².